The molecule has 0 saturated heterocycles. The van der Waals surface area contributed by atoms with Crippen LogP contribution < -0.4 is 5.32 Å². The first kappa shape index (κ1) is 10.4. The molecule has 1 aromatic carbocycles. The molecule has 1 heterocycles. The van der Waals surface area contributed by atoms with Crippen LogP contribution in [0.25, 0.3) is 0 Å². The van der Waals surface area contributed by atoms with Gasteiger partial charge in [-0.1, -0.05) is 18.7 Å². The van der Waals surface area contributed by atoms with Crippen LogP contribution in [-0.2, 0) is 22.4 Å². The van der Waals surface area contributed by atoms with E-state index in [1.54, 1.807) is 12.1 Å². The highest BCUT2D eigenvalue weighted by Gasteiger charge is 2.17. The zero-order valence-electron chi connectivity index (χ0n) is 8.62. The van der Waals surface area contributed by atoms with Gasteiger partial charge >= 0.3 is 5.97 Å². The molecule has 2 rings (SSSR count). The van der Waals surface area contributed by atoms with Crippen LogP contribution in [0.1, 0.15) is 11.1 Å². The quantitative estimate of drug-likeness (QED) is 0.751. The van der Waals surface area contributed by atoms with E-state index in [0.717, 1.165) is 16.8 Å². The van der Waals surface area contributed by atoms with Gasteiger partial charge in [0, 0.05) is 17.7 Å². The van der Waals surface area contributed by atoms with Crippen molar-refractivity contribution in [1.82, 2.24) is 0 Å². The molecule has 0 aromatic heterocycles. The summed E-state index contributed by atoms with van der Waals surface area (Å²) in [5.74, 6) is -1.01. The van der Waals surface area contributed by atoms with Gasteiger partial charge in [-0.3, -0.25) is 4.79 Å². The number of rotatable bonds is 3. The van der Waals surface area contributed by atoms with E-state index in [4.69, 9.17) is 5.11 Å². The van der Waals surface area contributed by atoms with E-state index in [9.17, 15) is 9.59 Å². The topological polar surface area (TPSA) is 66.4 Å². The van der Waals surface area contributed by atoms with Gasteiger partial charge in [-0.05, 0) is 17.2 Å². The lowest BCUT2D eigenvalue weighted by Crippen LogP contribution is -2.03. The van der Waals surface area contributed by atoms with Crippen molar-refractivity contribution in [2.45, 2.75) is 12.8 Å². The SMILES string of the molecule is C=C(Cc1ccc2c(c1)CC(=O)N2)C(=O)O. The molecule has 16 heavy (non-hydrogen) atoms. The Bertz CT molecular complexity index is 491. The number of carbonyl (C=O) groups excluding carboxylic acids is 1. The van der Waals surface area contributed by atoms with Crippen LogP contribution in [-0.4, -0.2) is 17.0 Å². The minimum Gasteiger partial charge on any atom is -0.478 e. The highest BCUT2D eigenvalue weighted by atomic mass is 16.4. The maximum absolute atomic E-state index is 11.1. The van der Waals surface area contributed by atoms with Crippen LogP contribution in [0.5, 0.6) is 0 Å². The molecule has 0 bridgehead atoms. The average Bonchev–Trinajstić information content (AvgIpc) is 2.57. The fraction of sp³-hybridized carbons (Fsp3) is 0.167. The van der Waals surface area contributed by atoms with Gasteiger partial charge in [-0.15, -0.1) is 0 Å². The van der Waals surface area contributed by atoms with Crippen molar-refractivity contribution < 1.29 is 14.7 Å². The van der Waals surface area contributed by atoms with Gasteiger partial charge in [0.2, 0.25) is 5.91 Å². The van der Waals surface area contributed by atoms with Crippen molar-refractivity contribution >= 4 is 17.6 Å². The van der Waals surface area contributed by atoms with E-state index >= 15 is 0 Å². The third kappa shape index (κ3) is 1.95. The Morgan fingerprint density at radius 3 is 2.94 bits per heavy atom. The summed E-state index contributed by atoms with van der Waals surface area (Å²) in [5.41, 5.74) is 2.75. The molecule has 0 radical (unpaired) electrons. The van der Waals surface area contributed by atoms with Crippen LogP contribution in [0, 0.1) is 0 Å². The Labute approximate surface area is 92.6 Å². The number of carbonyl (C=O) groups is 2. The fourth-order valence-corrected chi connectivity index (χ4v) is 1.71. The Balaban J connectivity index is 2.20. The molecule has 0 aliphatic carbocycles. The second-order valence-electron chi connectivity index (χ2n) is 3.80. The lowest BCUT2D eigenvalue weighted by Gasteiger charge is -2.04. The molecule has 2 N–H and O–H groups in total. The normalized spacial score (nSPS) is 13.1. The lowest BCUT2D eigenvalue weighted by molar-refractivity contribution is -0.132. The van der Waals surface area contributed by atoms with Crippen molar-refractivity contribution in [3.63, 3.8) is 0 Å². The molecular formula is C12H11NO3. The first-order valence-corrected chi connectivity index (χ1v) is 4.89. The number of aliphatic carboxylic acids is 1. The minimum absolute atomic E-state index is 0.0239. The second kappa shape index (κ2) is 3.81. The van der Waals surface area contributed by atoms with E-state index in [-0.39, 0.29) is 11.5 Å². The van der Waals surface area contributed by atoms with E-state index in [2.05, 4.69) is 11.9 Å². The maximum Gasteiger partial charge on any atom is 0.331 e. The number of carboxylic acids is 1. The Morgan fingerprint density at radius 2 is 2.25 bits per heavy atom. The molecular weight excluding hydrogens is 206 g/mol. The van der Waals surface area contributed by atoms with Crippen LogP contribution in [0.2, 0.25) is 0 Å². The third-order valence-electron chi connectivity index (χ3n) is 2.51. The van der Waals surface area contributed by atoms with Gasteiger partial charge in [-0.2, -0.15) is 0 Å². The molecule has 0 atom stereocenters. The van der Waals surface area contributed by atoms with Gasteiger partial charge in [0.15, 0.2) is 0 Å². The van der Waals surface area contributed by atoms with Crippen molar-refractivity contribution in [3.05, 3.63) is 41.5 Å². The monoisotopic (exact) mass is 217 g/mol. The van der Waals surface area contributed by atoms with Crippen LogP contribution in [0.3, 0.4) is 0 Å². The van der Waals surface area contributed by atoms with Gasteiger partial charge in [-0.25, -0.2) is 4.79 Å². The molecule has 1 aliphatic rings. The van der Waals surface area contributed by atoms with Crippen molar-refractivity contribution in [2.75, 3.05) is 5.32 Å². The number of anilines is 1. The largest absolute Gasteiger partial charge is 0.478 e. The molecule has 4 heteroatoms. The summed E-state index contributed by atoms with van der Waals surface area (Å²) in [6.45, 7) is 3.48. The standard InChI is InChI=1S/C12H11NO3/c1-7(12(15)16)4-8-2-3-10-9(5-8)6-11(14)13-10/h2-3,5H,1,4,6H2,(H,13,14)(H,15,16). The first-order chi connectivity index (χ1) is 7.56. The molecule has 4 nitrogen and oxygen atoms in total. The second-order valence-corrected chi connectivity index (χ2v) is 3.80. The van der Waals surface area contributed by atoms with E-state index in [0.29, 0.717) is 12.8 Å². The van der Waals surface area contributed by atoms with Crippen molar-refractivity contribution in [2.24, 2.45) is 0 Å². The molecule has 0 fully saturated rings. The number of benzene rings is 1. The Morgan fingerprint density at radius 1 is 1.50 bits per heavy atom. The Hall–Kier alpha value is -2.10. The summed E-state index contributed by atoms with van der Waals surface area (Å²) in [6, 6.07) is 5.45. The van der Waals surface area contributed by atoms with E-state index < -0.39 is 5.97 Å². The van der Waals surface area contributed by atoms with E-state index in [1.165, 1.54) is 0 Å². The first-order valence-electron chi connectivity index (χ1n) is 4.89. The van der Waals surface area contributed by atoms with Crippen molar-refractivity contribution in [3.8, 4) is 0 Å². The van der Waals surface area contributed by atoms with Crippen molar-refractivity contribution in [1.29, 1.82) is 0 Å². The molecule has 1 amide bonds. The number of fused-ring (bicyclic) bond motifs is 1. The number of carboxylic acid groups (broad SMARTS) is 1. The lowest BCUT2D eigenvalue weighted by atomic mass is 10.0. The average molecular weight is 217 g/mol. The highest BCUT2D eigenvalue weighted by Crippen LogP contribution is 2.24. The number of nitrogens with one attached hydrogen (secondary N) is 1. The van der Waals surface area contributed by atoms with Crippen LogP contribution in [0.4, 0.5) is 5.69 Å². The molecule has 0 spiro atoms. The van der Waals surface area contributed by atoms with Crippen LogP contribution in [0.15, 0.2) is 30.4 Å². The Kier molecular flexibility index (Phi) is 2.48. The molecule has 1 aromatic rings. The molecule has 1 aliphatic heterocycles. The van der Waals surface area contributed by atoms with Gasteiger partial charge in [0.05, 0.1) is 6.42 Å². The maximum atomic E-state index is 11.1. The van der Waals surface area contributed by atoms with E-state index in [1.807, 2.05) is 6.07 Å². The summed E-state index contributed by atoms with van der Waals surface area (Å²) >= 11 is 0. The number of hydrogen-bond donors (Lipinski definition) is 2. The van der Waals surface area contributed by atoms with Crippen LogP contribution >= 0.6 is 0 Å². The van der Waals surface area contributed by atoms with Gasteiger partial charge in [0.1, 0.15) is 0 Å². The third-order valence-corrected chi connectivity index (χ3v) is 2.51. The summed E-state index contributed by atoms with van der Waals surface area (Å²) < 4.78 is 0. The number of amides is 1. The predicted octanol–water partition coefficient (Wildman–Crippen LogP) is 1.36. The minimum atomic E-state index is -0.991. The highest BCUT2D eigenvalue weighted by molar-refractivity contribution is 5.99. The molecule has 0 unspecified atom stereocenters. The molecule has 82 valence electrons. The smallest absolute Gasteiger partial charge is 0.331 e. The summed E-state index contributed by atoms with van der Waals surface area (Å²) in [4.78, 5) is 21.7. The number of hydrogen-bond acceptors (Lipinski definition) is 2. The summed E-state index contributed by atoms with van der Waals surface area (Å²) in [5, 5.41) is 11.4. The van der Waals surface area contributed by atoms with Gasteiger partial charge in [0.25, 0.3) is 0 Å². The predicted molar refractivity (Wildman–Crippen MR) is 59.3 cm³/mol. The van der Waals surface area contributed by atoms with Gasteiger partial charge < -0.3 is 10.4 Å². The fourth-order valence-electron chi connectivity index (χ4n) is 1.71. The molecule has 0 saturated carbocycles. The zero-order chi connectivity index (χ0) is 11.7. The summed E-state index contributed by atoms with van der Waals surface area (Å²) in [6.07, 6.45) is 0.666. The zero-order valence-corrected chi connectivity index (χ0v) is 8.62. The summed E-state index contributed by atoms with van der Waals surface area (Å²) in [7, 11) is 0.